The third-order valence-electron chi connectivity index (χ3n) is 4.27. The number of amides is 1. The molecule has 4 rings (SSSR count). The lowest BCUT2D eigenvalue weighted by Crippen LogP contribution is -2.68. The minimum Gasteiger partial charge on any atom is -0.477 e. The molecule has 0 spiro atoms. The fraction of sp³-hybridized carbons (Fsp3) is 0.250. The second-order valence-electron chi connectivity index (χ2n) is 5.82. The molecule has 2 aromatic heterocycles. The Morgan fingerprint density at radius 1 is 1.48 bits per heavy atom. The Hall–Kier alpha value is -2.65. The molecular formula is C16H15N4O4S+. The van der Waals surface area contributed by atoms with Crippen LogP contribution >= 0.6 is 11.8 Å². The number of aromatic nitrogens is 2. The number of nitrogens with two attached hydrogens (primary N) is 1. The van der Waals surface area contributed by atoms with E-state index < -0.39 is 12.0 Å². The molecule has 1 saturated heterocycles. The summed E-state index contributed by atoms with van der Waals surface area (Å²) in [5.74, 6) is -0.244. The van der Waals surface area contributed by atoms with Gasteiger partial charge in [-0.3, -0.25) is 9.69 Å². The van der Waals surface area contributed by atoms with Crippen molar-refractivity contribution in [1.82, 2.24) is 9.88 Å². The summed E-state index contributed by atoms with van der Waals surface area (Å²) in [5.41, 5.74) is 7.38. The van der Waals surface area contributed by atoms with Gasteiger partial charge in [0.1, 0.15) is 17.1 Å². The SMILES string of the molecule is N[C@@H]1C(=O)N2C(C(=O)O)=C(C[n+]3ccc(-c4cnco4)cc3)CS[C@@H]12. The van der Waals surface area contributed by atoms with Gasteiger partial charge in [0.15, 0.2) is 31.1 Å². The highest BCUT2D eigenvalue weighted by Gasteiger charge is 2.52. The van der Waals surface area contributed by atoms with Crippen LogP contribution < -0.4 is 10.3 Å². The molecule has 9 heteroatoms. The highest BCUT2D eigenvalue weighted by molar-refractivity contribution is 8.00. The molecule has 0 aromatic carbocycles. The topological polar surface area (TPSA) is 114 Å². The summed E-state index contributed by atoms with van der Waals surface area (Å²) in [6.07, 6.45) is 6.67. The largest absolute Gasteiger partial charge is 0.477 e. The van der Waals surface area contributed by atoms with Crippen LogP contribution in [0.2, 0.25) is 0 Å². The van der Waals surface area contributed by atoms with Gasteiger partial charge in [0, 0.05) is 29.0 Å². The number of hydrogen-bond donors (Lipinski definition) is 2. The van der Waals surface area contributed by atoms with Crippen molar-refractivity contribution in [2.75, 3.05) is 5.75 Å². The summed E-state index contributed by atoms with van der Waals surface area (Å²) < 4.78 is 7.11. The normalized spacial score (nSPS) is 22.6. The molecule has 8 nitrogen and oxygen atoms in total. The number of rotatable bonds is 4. The Balaban J connectivity index is 1.60. The van der Waals surface area contributed by atoms with Gasteiger partial charge in [-0.1, -0.05) is 0 Å². The Kier molecular flexibility index (Phi) is 3.81. The maximum absolute atomic E-state index is 12.0. The molecule has 0 saturated carbocycles. The molecule has 0 unspecified atom stereocenters. The van der Waals surface area contributed by atoms with Crippen LogP contribution in [0, 0.1) is 0 Å². The first-order valence-corrected chi connectivity index (χ1v) is 8.64. The lowest BCUT2D eigenvalue weighted by Gasteiger charge is -2.47. The standard InChI is InChI=1S/C16H14N4O4S/c17-12-14(21)20-13(16(22)23)10(7-25-15(12)20)6-19-3-1-9(2-4-19)11-5-18-8-24-11/h1-5,8,12,15H,6-7,17H2/p+1/t12-,15+/m1/s1. The van der Waals surface area contributed by atoms with Crippen LogP contribution in [0.25, 0.3) is 11.3 Å². The molecule has 0 radical (unpaired) electrons. The third-order valence-corrected chi connectivity index (χ3v) is 5.63. The molecule has 1 amide bonds. The molecular weight excluding hydrogens is 344 g/mol. The first-order chi connectivity index (χ1) is 12.1. The van der Waals surface area contributed by atoms with E-state index in [1.165, 1.54) is 23.1 Å². The van der Waals surface area contributed by atoms with Crippen LogP contribution in [0.1, 0.15) is 0 Å². The van der Waals surface area contributed by atoms with Crippen molar-refractivity contribution in [2.24, 2.45) is 5.73 Å². The summed E-state index contributed by atoms with van der Waals surface area (Å²) in [6.45, 7) is 0.386. The fourth-order valence-electron chi connectivity index (χ4n) is 3.01. The van der Waals surface area contributed by atoms with Crippen LogP contribution in [-0.4, -0.2) is 44.0 Å². The Morgan fingerprint density at radius 3 is 2.88 bits per heavy atom. The summed E-state index contributed by atoms with van der Waals surface area (Å²) in [6, 6.07) is 3.12. The summed E-state index contributed by atoms with van der Waals surface area (Å²) >= 11 is 1.50. The average molecular weight is 359 g/mol. The van der Waals surface area contributed by atoms with Gasteiger partial charge in [-0.05, 0) is 0 Å². The molecule has 2 aliphatic rings. The molecule has 4 heterocycles. The van der Waals surface area contributed by atoms with E-state index in [9.17, 15) is 14.7 Å². The zero-order valence-corrected chi connectivity index (χ0v) is 13.8. The maximum atomic E-state index is 12.0. The van der Waals surface area contributed by atoms with E-state index in [0.29, 0.717) is 23.6 Å². The van der Waals surface area contributed by atoms with Crippen molar-refractivity contribution in [3.8, 4) is 11.3 Å². The van der Waals surface area contributed by atoms with E-state index in [1.807, 2.05) is 29.1 Å². The minimum absolute atomic E-state index is 0.0576. The van der Waals surface area contributed by atoms with E-state index in [2.05, 4.69) is 4.98 Å². The Bertz CT molecular complexity index is 863. The van der Waals surface area contributed by atoms with Crippen LogP contribution in [0.15, 0.2) is 52.8 Å². The van der Waals surface area contributed by atoms with E-state index in [1.54, 1.807) is 6.20 Å². The molecule has 1 fully saturated rings. The van der Waals surface area contributed by atoms with E-state index in [0.717, 1.165) is 5.56 Å². The number of carbonyl (C=O) groups is 2. The number of carboxylic acid groups (broad SMARTS) is 1. The number of oxazole rings is 1. The predicted molar refractivity (Wildman–Crippen MR) is 87.9 cm³/mol. The highest BCUT2D eigenvalue weighted by Crippen LogP contribution is 2.39. The smallest absolute Gasteiger partial charge is 0.352 e. The second kappa shape index (κ2) is 6.01. The lowest BCUT2D eigenvalue weighted by atomic mass is 10.0. The van der Waals surface area contributed by atoms with Gasteiger partial charge >= 0.3 is 5.97 Å². The van der Waals surface area contributed by atoms with E-state index in [-0.39, 0.29) is 17.0 Å². The Labute approximate surface area is 146 Å². The molecule has 2 aromatic rings. The van der Waals surface area contributed by atoms with Crippen LogP contribution in [0.4, 0.5) is 0 Å². The molecule has 2 atom stereocenters. The van der Waals surface area contributed by atoms with Gasteiger partial charge in [-0.15, -0.1) is 11.8 Å². The van der Waals surface area contributed by atoms with Crippen molar-refractivity contribution >= 4 is 23.6 Å². The molecule has 3 N–H and O–H groups in total. The maximum Gasteiger partial charge on any atom is 0.352 e. The van der Waals surface area contributed by atoms with Gasteiger partial charge in [-0.25, -0.2) is 14.3 Å². The molecule has 128 valence electrons. The molecule has 0 bridgehead atoms. The van der Waals surface area contributed by atoms with Crippen molar-refractivity contribution in [2.45, 2.75) is 18.0 Å². The van der Waals surface area contributed by atoms with E-state index >= 15 is 0 Å². The zero-order valence-electron chi connectivity index (χ0n) is 13.0. The fourth-order valence-corrected chi connectivity index (χ4v) is 4.29. The number of thioether (sulfide) groups is 1. The van der Waals surface area contributed by atoms with Crippen molar-refractivity contribution in [3.63, 3.8) is 0 Å². The number of fused-ring (bicyclic) bond motifs is 1. The lowest BCUT2D eigenvalue weighted by molar-refractivity contribution is -0.689. The molecule has 25 heavy (non-hydrogen) atoms. The number of aliphatic carboxylic acids is 1. The van der Waals surface area contributed by atoms with Gasteiger partial charge in [-0.2, -0.15) is 0 Å². The zero-order chi connectivity index (χ0) is 17.6. The van der Waals surface area contributed by atoms with Crippen LogP contribution in [0.5, 0.6) is 0 Å². The number of nitrogens with zero attached hydrogens (tertiary/aromatic N) is 3. The molecule has 2 aliphatic heterocycles. The van der Waals surface area contributed by atoms with Crippen molar-refractivity contribution in [1.29, 1.82) is 0 Å². The minimum atomic E-state index is -1.10. The van der Waals surface area contributed by atoms with Gasteiger partial charge in [0.2, 0.25) is 5.91 Å². The van der Waals surface area contributed by atoms with Crippen molar-refractivity contribution < 1.29 is 23.7 Å². The third kappa shape index (κ3) is 2.61. The van der Waals surface area contributed by atoms with Gasteiger partial charge in [0.25, 0.3) is 0 Å². The molecule has 0 aliphatic carbocycles. The number of carboxylic acids is 1. The first-order valence-electron chi connectivity index (χ1n) is 7.60. The predicted octanol–water partition coefficient (Wildman–Crippen LogP) is 0.210. The van der Waals surface area contributed by atoms with E-state index in [4.69, 9.17) is 10.2 Å². The number of hydrogen-bond acceptors (Lipinski definition) is 6. The number of β-lactam (4-membered cyclic amide) rings is 1. The number of carbonyl (C=O) groups excluding carboxylic acids is 1. The average Bonchev–Trinajstić information content (AvgIpc) is 3.15. The highest BCUT2D eigenvalue weighted by atomic mass is 32.2. The van der Waals surface area contributed by atoms with Crippen LogP contribution in [-0.2, 0) is 16.1 Å². The number of pyridine rings is 1. The summed E-state index contributed by atoms with van der Waals surface area (Å²) in [7, 11) is 0. The second-order valence-corrected chi connectivity index (χ2v) is 6.92. The monoisotopic (exact) mass is 359 g/mol. The Morgan fingerprint density at radius 2 is 2.24 bits per heavy atom. The van der Waals surface area contributed by atoms with Crippen LogP contribution in [0.3, 0.4) is 0 Å². The van der Waals surface area contributed by atoms with Gasteiger partial charge in [0.05, 0.1) is 6.20 Å². The van der Waals surface area contributed by atoms with Crippen molar-refractivity contribution in [3.05, 3.63) is 48.4 Å². The van der Waals surface area contributed by atoms with Gasteiger partial charge < -0.3 is 15.3 Å². The summed E-state index contributed by atoms with van der Waals surface area (Å²) in [4.78, 5) is 28.8. The quantitative estimate of drug-likeness (QED) is 0.592. The first kappa shape index (κ1) is 15.9. The summed E-state index contributed by atoms with van der Waals surface area (Å²) in [5, 5.41) is 9.27.